The summed E-state index contributed by atoms with van der Waals surface area (Å²) in [5.41, 5.74) is 2.64. The molecule has 0 aliphatic heterocycles. The lowest BCUT2D eigenvalue weighted by molar-refractivity contribution is 0.0950. The molecule has 5 rings (SSSR count). The Hall–Kier alpha value is -5.31. The van der Waals surface area contributed by atoms with Crippen molar-refractivity contribution in [3.63, 3.8) is 0 Å². The number of aromatic nitrogens is 3. The molecule has 9 heteroatoms. The maximum atomic E-state index is 13.6. The molecule has 0 fully saturated rings. The Bertz CT molecular complexity index is 1650. The number of amides is 1. The van der Waals surface area contributed by atoms with Crippen LogP contribution in [0.3, 0.4) is 0 Å². The third kappa shape index (κ3) is 6.16. The second-order valence-corrected chi connectivity index (χ2v) is 8.70. The molecular weight excluding hydrogens is 497 g/mol. The largest absolute Gasteiger partial charge is 0.453 e. The van der Waals surface area contributed by atoms with Gasteiger partial charge in [0.1, 0.15) is 11.6 Å². The van der Waals surface area contributed by atoms with Gasteiger partial charge in [0.05, 0.1) is 24.1 Å². The smallest absolute Gasteiger partial charge is 0.299 e. The van der Waals surface area contributed by atoms with Crippen LogP contribution < -0.4 is 20.9 Å². The number of hydrogen-bond acceptors (Lipinski definition) is 6. The molecule has 0 aliphatic rings. The van der Waals surface area contributed by atoms with Crippen LogP contribution in [0.15, 0.2) is 108 Å². The van der Waals surface area contributed by atoms with Crippen molar-refractivity contribution in [3.8, 4) is 17.2 Å². The molecule has 39 heavy (non-hydrogen) atoms. The van der Waals surface area contributed by atoms with Crippen molar-refractivity contribution in [1.29, 1.82) is 0 Å². The second-order valence-electron chi connectivity index (χ2n) is 8.70. The monoisotopic (exact) mass is 521 g/mol. The van der Waals surface area contributed by atoms with E-state index in [0.717, 1.165) is 15.9 Å². The molecule has 0 radical (unpaired) electrons. The summed E-state index contributed by atoms with van der Waals surface area (Å²) in [6, 6.07) is 25.0. The third-order valence-corrected chi connectivity index (χ3v) is 5.81. The van der Waals surface area contributed by atoms with Crippen LogP contribution in [0.4, 0.5) is 15.8 Å². The fourth-order valence-electron chi connectivity index (χ4n) is 3.79. The number of carbonyl (C=O) groups excluding carboxylic acids is 1. The zero-order valence-corrected chi connectivity index (χ0v) is 21.0. The number of nitrogens with one attached hydrogen (secondary N) is 2. The number of rotatable bonds is 8. The molecule has 194 valence electrons. The van der Waals surface area contributed by atoms with Crippen molar-refractivity contribution in [1.82, 2.24) is 20.1 Å². The van der Waals surface area contributed by atoms with Crippen molar-refractivity contribution in [3.05, 3.63) is 136 Å². The fourth-order valence-corrected chi connectivity index (χ4v) is 3.79. The molecule has 0 saturated heterocycles. The average Bonchev–Trinajstić information content (AvgIpc) is 2.96. The molecule has 2 heterocycles. The van der Waals surface area contributed by atoms with Gasteiger partial charge in [-0.05, 0) is 73.7 Å². The zero-order chi connectivity index (χ0) is 27.2. The molecule has 8 nitrogen and oxygen atoms in total. The molecule has 0 aliphatic carbocycles. The van der Waals surface area contributed by atoms with E-state index in [4.69, 9.17) is 4.74 Å². The lowest BCUT2D eigenvalue weighted by Gasteiger charge is -2.15. The SMILES string of the molecule is Cc1ccc(Oc2cnn(-c3ccc(F)cc3)c(=O)c2Nc2cccc(C(=O)NCc3ccccn3)c2)cc1. The number of nitrogens with zero attached hydrogens (tertiary/aromatic N) is 3. The van der Waals surface area contributed by atoms with Gasteiger partial charge in [0.25, 0.3) is 11.5 Å². The molecule has 0 bridgehead atoms. The highest BCUT2D eigenvalue weighted by Gasteiger charge is 2.16. The number of aryl methyl sites for hydroxylation is 1. The number of carbonyl (C=O) groups is 1. The molecular formula is C30H24FN5O3. The Labute approximate surface area is 223 Å². The Morgan fingerprint density at radius 1 is 0.974 bits per heavy atom. The maximum Gasteiger partial charge on any atom is 0.299 e. The van der Waals surface area contributed by atoms with Crippen LogP contribution in [-0.2, 0) is 6.54 Å². The Morgan fingerprint density at radius 3 is 2.51 bits per heavy atom. The van der Waals surface area contributed by atoms with Crippen LogP contribution in [0.2, 0.25) is 0 Å². The Morgan fingerprint density at radius 2 is 1.77 bits per heavy atom. The minimum atomic E-state index is -0.517. The summed E-state index contributed by atoms with van der Waals surface area (Å²) in [5.74, 6) is -0.0132. The molecule has 5 aromatic rings. The Balaban J connectivity index is 1.46. The van der Waals surface area contributed by atoms with Crippen molar-refractivity contribution >= 4 is 17.3 Å². The maximum absolute atomic E-state index is 13.6. The highest BCUT2D eigenvalue weighted by atomic mass is 19.1. The van der Waals surface area contributed by atoms with Crippen LogP contribution >= 0.6 is 0 Å². The fraction of sp³-hybridized carbons (Fsp3) is 0.0667. The van der Waals surface area contributed by atoms with Gasteiger partial charge in [0.15, 0.2) is 11.4 Å². The number of benzene rings is 3. The summed E-state index contributed by atoms with van der Waals surface area (Å²) >= 11 is 0. The van der Waals surface area contributed by atoms with Gasteiger partial charge in [-0.15, -0.1) is 0 Å². The van der Waals surface area contributed by atoms with Crippen LogP contribution in [0.1, 0.15) is 21.6 Å². The summed E-state index contributed by atoms with van der Waals surface area (Å²) in [5, 5.41) is 10.2. The minimum absolute atomic E-state index is 0.0981. The number of anilines is 2. The van der Waals surface area contributed by atoms with E-state index >= 15 is 0 Å². The highest BCUT2D eigenvalue weighted by molar-refractivity contribution is 5.95. The lowest BCUT2D eigenvalue weighted by Crippen LogP contribution is -2.24. The number of ether oxygens (including phenoxy) is 1. The first kappa shape index (κ1) is 25.3. The first-order valence-electron chi connectivity index (χ1n) is 12.1. The van der Waals surface area contributed by atoms with Crippen molar-refractivity contribution in [2.75, 3.05) is 5.32 Å². The van der Waals surface area contributed by atoms with Crippen molar-refractivity contribution < 1.29 is 13.9 Å². The Kier molecular flexibility index (Phi) is 7.40. The topological polar surface area (TPSA) is 98.1 Å². The third-order valence-electron chi connectivity index (χ3n) is 5.81. The standard InChI is InChI=1S/C30H24FN5O3/c1-20-8-14-26(15-9-20)39-27-19-34-36(25-12-10-22(31)11-13-25)30(38)28(27)35-23-7-4-5-21(17-23)29(37)33-18-24-6-2-3-16-32-24/h2-17,19,35H,18H2,1H3,(H,33,37). The molecule has 0 atom stereocenters. The van der Waals surface area contributed by atoms with E-state index in [2.05, 4.69) is 20.7 Å². The van der Waals surface area contributed by atoms with Gasteiger partial charge < -0.3 is 15.4 Å². The van der Waals surface area contributed by atoms with Gasteiger partial charge in [0.2, 0.25) is 0 Å². The second kappa shape index (κ2) is 11.4. The number of hydrogen-bond donors (Lipinski definition) is 2. The van der Waals surface area contributed by atoms with Gasteiger partial charge in [-0.25, -0.2) is 4.39 Å². The molecule has 0 unspecified atom stereocenters. The molecule has 0 saturated carbocycles. The molecule has 3 aromatic carbocycles. The van der Waals surface area contributed by atoms with E-state index in [1.54, 1.807) is 48.7 Å². The lowest BCUT2D eigenvalue weighted by atomic mass is 10.2. The average molecular weight is 522 g/mol. The normalized spacial score (nSPS) is 10.6. The van der Waals surface area contributed by atoms with Gasteiger partial charge in [-0.2, -0.15) is 9.78 Å². The first-order valence-corrected chi connectivity index (χ1v) is 12.1. The van der Waals surface area contributed by atoms with E-state index in [1.807, 2.05) is 31.2 Å². The van der Waals surface area contributed by atoms with Gasteiger partial charge >= 0.3 is 0 Å². The van der Waals surface area contributed by atoms with E-state index < -0.39 is 11.4 Å². The number of halogens is 1. The van der Waals surface area contributed by atoms with E-state index in [9.17, 15) is 14.0 Å². The quantitative estimate of drug-likeness (QED) is 0.278. The molecule has 2 N–H and O–H groups in total. The molecule has 2 aromatic heterocycles. The van der Waals surface area contributed by atoms with Crippen molar-refractivity contribution in [2.45, 2.75) is 13.5 Å². The molecule has 0 spiro atoms. The predicted molar refractivity (Wildman–Crippen MR) is 146 cm³/mol. The summed E-state index contributed by atoms with van der Waals surface area (Å²) in [6.07, 6.45) is 3.08. The van der Waals surface area contributed by atoms with Gasteiger partial charge in [-0.1, -0.05) is 29.8 Å². The number of pyridine rings is 1. The molecule has 1 amide bonds. The van der Waals surface area contributed by atoms with E-state index in [0.29, 0.717) is 22.7 Å². The van der Waals surface area contributed by atoms with E-state index in [1.165, 1.54) is 30.5 Å². The predicted octanol–water partition coefficient (Wildman–Crippen LogP) is 5.54. The zero-order valence-electron chi connectivity index (χ0n) is 21.0. The van der Waals surface area contributed by atoms with Gasteiger partial charge in [-0.3, -0.25) is 14.6 Å². The summed E-state index contributed by atoms with van der Waals surface area (Å²) < 4.78 is 20.6. The van der Waals surface area contributed by atoms with Crippen molar-refractivity contribution in [2.24, 2.45) is 0 Å². The van der Waals surface area contributed by atoms with Crippen LogP contribution in [0.5, 0.6) is 11.5 Å². The summed E-state index contributed by atoms with van der Waals surface area (Å²) in [4.78, 5) is 30.6. The van der Waals surface area contributed by atoms with E-state index in [-0.39, 0.29) is 23.9 Å². The first-order chi connectivity index (χ1) is 19.0. The van der Waals surface area contributed by atoms with Crippen LogP contribution in [0, 0.1) is 12.7 Å². The minimum Gasteiger partial charge on any atom is -0.453 e. The van der Waals surface area contributed by atoms with Crippen LogP contribution in [-0.4, -0.2) is 20.7 Å². The summed E-state index contributed by atoms with van der Waals surface area (Å²) in [7, 11) is 0. The van der Waals surface area contributed by atoms with Gasteiger partial charge in [0, 0.05) is 17.4 Å². The summed E-state index contributed by atoms with van der Waals surface area (Å²) in [6.45, 7) is 2.24. The van der Waals surface area contributed by atoms with Crippen LogP contribution in [0.25, 0.3) is 5.69 Å². The highest BCUT2D eigenvalue weighted by Crippen LogP contribution is 2.29.